The first kappa shape index (κ1) is 11.0. The molecule has 0 spiro atoms. The van der Waals surface area contributed by atoms with Gasteiger partial charge in [0.2, 0.25) is 0 Å². The molecule has 3 nitrogen and oxygen atoms in total. The van der Waals surface area contributed by atoms with Crippen LogP contribution in [-0.4, -0.2) is 43.2 Å². The Balaban J connectivity index is 2.12. The van der Waals surface area contributed by atoms with Crippen LogP contribution in [0.5, 0.6) is 0 Å². The third kappa shape index (κ3) is 3.63. The molecule has 0 amide bonds. The van der Waals surface area contributed by atoms with E-state index in [1.54, 1.807) is 0 Å². The maximum absolute atomic E-state index is 5.53. The molecule has 0 radical (unpaired) electrons. The molecule has 0 heterocycles. The molecule has 0 saturated heterocycles. The average Bonchev–Trinajstić information content (AvgIpc) is 2.95. The van der Waals surface area contributed by atoms with Gasteiger partial charge < -0.3 is 11.1 Å². The standard InChI is InChI=1S/C10H23N3/c1-8(6-11)12-7-9(2)13(3)10-4-5-10/h8-10,12H,4-7,11H2,1-3H3. The van der Waals surface area contributed by atoms with E-state index in [0.29, 0.717) is 12.1 Å². The number of likely N-dealkylation sites (N-methyl/N-ethyl adjacent to an activating group) is 1. The van der Waals surface area contributed by atoms with E-state index in [1.165, 1.54) is 12.8 Å². The molecule has 13 heavy (non-hydrogen) atoms. The zero-order valence-electron chi connectivity index (χ0n) is 9.09. The number of nitrogens with zero attached hydrogens (tertiary/aromatic N) is 1. The molecule has 2 unspecified atom stereocenters. The van der Waals surface area contributed by atoms with Crippen LogP contribution in [0.1, 0.15) is 26.7 Å². The predicted octanol–water partition coefficient (Wildman–Crippen LogP) is 0.406. The Morgan fingerprint density at radius 2 is 2.08 bits per heavy atom. The molecule has 0 bridgehead atoms. The summed E-state index contributed by atoms with van der Waals surface area (Å²) in [6.45, 7) is 6.17. The summed E-state index contributed by atoms with van der Waals surface area (Å²) in [6, 6.07) is 1.92. The van der Waals surface area contributed by atoms with Gasteiger partial charge in [-0.1, -0.05) is 0 Å². The lowest BCUT2D eigenvalue weighted by molar-refractivity contribution is 0.237. The van der Waals surface area contributed by atoms with Gasteiger partial charge in [-0.15, -0.1) is 0 Å². The Kier molecular flexibility index (Phi) is 4.16. The van der Waals surface area contributed by atoms with E-state index in [9.17, 15) is 0 Å². The van der Waals surface area contributed by atoms with Gasteiger partial charge in [0.05, 0.1) is 0 Å². The molecule has 1 aliphatic carbocycles. The predicted molar refractivity (Wildman–Crippen MR) is 56.8 cm³/mol. The Morgan fingerprint density at radius 3 is 2.54 bits per heavy atom. The number of nitrogens with one attached hydrogen (secondary N) is 1. The van der Waals surface area contributed by atoms with Crippen molar-refractivity contribution in [2.45, 2.75) is 44.8 Å². The van der Waals surface area contributed by atoms with Gasteiger partial charge in [-0.2, -0.15) is 0 Å². The van der Waals surface area contributed by atoms with Gasteiger partial charge in [0, 0.05) is 31.2 Å². The van der Waals surface area contributed by atoms with E-state index in [-0.39, 0.29) is 0 Å². The van der Waals surface area contributed by atoms with Gasteiger partial charge in [0.1, 0.15) is 0 Å². The Bertz CT molecular complexity index is 145. The number of hydrogen-bond donors (Lipinski definition) is 2. The summed E-state index contributed by atoms with van der Waals surface area (Å²) >= 11 is 0. The van der Waals surface area contributed by atoms with Crippen molar-refractivity contribution in [2.75, 3.05) is 20.1 Å². The van der Waals surface area contributed by atoms with Crippen LogP contribution in [0.3, 0.4) is 0 Å². The van der Waals surface area contributed by atoms with Gasteiger partial charge in [0.15, 0.2) is 0 Å². The summed E-state index contributed by atoms with van der Waals surface area (Å²) in [7, 11) is 2.22. The van der Waals surface area contributed by atoms with Crippen LogP contribution in [0.15, 0.2) is 0 Å². The normalized spacial score (nSPS) is 21.9. The minimum atomic E-state index is 0.440. The third-order valence-electron chi connectivity index (χ3n) is 2.93. The molecular formula is C10H23N3. The van der Waals surface area contributed by atoms with E-state index < -0.39 is 0 Å². The van der Waals surface area contributed by atoms with Gasteiger partial charge in [-0.25, -0.2) is 0 Å². The summed E-state index contributed by atoms with van der Waals surface area (Å²) in [6.07, 6.45) is 2.76. The molecule has 3 N–H and O–H groups in total. The zero-order valence-corrected chi connectivity index (χ0v) is 9.09. The fourth-order valence-corrected chi connectivity index (χ4v) is 1.44. The number of rotatable bonds is 6. The van der Waals surface area contributed by atoms with E-state index in [0.717, 1.165) is 19.1 Å². The molecule has 1 saturated carbocycles. The molecule has 1 aliphatic rings. The fraction of sp³-hybridized carbons (Fsp3) is 1.00. The second-order valence-electron chi connectivity index (χ2n) is 4.29. The van der Waals surface area contributed by atoms with Gasteiger partial charge >= 0.3 is 0 Å². The second kappa shape index (κ2) is 4.94. The van der Waals surface area contributed by atoms with Gasteiger partial charge in [-0.3, -0.25) is 4.90 Å². The summed E-state index contributed by atoms with van der Waals surface area (Å²) < 4.78 is 0. The van der Waals surface area contributed by atoms with Crippen molar-refractivity contribution < 1.29 is 0 Å². The Hall–Kier alpha value is -0.120. The largest absolute Gasteiger partial charge is 0.329 e. The lowest BCUT2D eigenvalue weighted by Gasteiger charge is -2.26. The first-order chi connectivity index (χ1) is 6.15. The highest BCUT2D eigenvalue weighted by atomic mass is 15.2. The maximum Gasteiger partial charge on any atom is 0.0192 e. The van der Waals surface area contributed by atoms with E-state index >= 15 is 0 Å². The lowest BCUT2D eigenvalue weighted by atomic mass is 10.2. The van der Waals surface area contributed by atoms with Crippen molar-refractivity contribution in [3.8, 4) is 0 Å². The van der Waals surface area contributed by atoms with E-state index in [2.05, 4.69) is 31.1 Å². The second-order valence-corrected chi connectivity index (χ2v) is 4.29. The van der Waals surface area contributed by atoms with Crippen molar-refractivity contribution in [3.05, 3.63) is 0 Å². The molecule has 1 fully saturated rings. The van der Waals surface area contributed by atoms with Crippen molar-refractivity contribution >= 4 is 0 Å². The highest BCUT2D eigenvalue weighted by Crippen LogP contribution is 2.26. The number of nitrogens with two attached hydrogens (primary N) is 1. The smallest absolute Gasteiger partial charge is 0.0192 e. The highest BCUT2D eigenvalue weighted by molar-refractivity contribution is 4.86. The van der Waals surface area contributed by atoms with Gasteiger partial charge in [0.25, 0.3) is 0 Å². The summed E-state index contributed by atoms with van der Waals surface area (Å²) in [4.78, 5) is 2.47. The molecule has 78 valence electrons. The summed E-state index contributed by atoms with van der Waals surface area (Å²) in [5.74, 6) is 0. The Labute approximate surface area is 81.7 Å². The topological polar surface area (TPSA) is 41.3 Å². The molecule has 0 aromatic heterocycles. The van der Waals surface area contributed by atoms with Crippen LogP contribution < -0.4 is 11.1 Å². The quantitative estimate of drug-likeness (QED) is 0.629. The maximum atomic E-state index is 5.53. The molecule has 0 aromatic rings. The van der Waals surface area contributed by atoms with Crippen LogP contribution in [0.4, 0.5) is 0 Å². The summed E-state index contributed by atoms with van der Waals surface area (Å²) in [5.41, 5.74) is 5.53. The highest BCUT2D eigenvalue weighted by Gasteiger charge is 2.28. The fourth-order valence-electron chi connectivity index (χ4n) is 1.44. The van der Waals surface area contributed by atoms with Crippen LogP contribution in [0.2, 0.25) is 0 Å². The van der Waals surface area contributed by atoms with Crippen molar-refractivity contribution in [2.24, 2.45) is 5.73 Å². The minimum absolute atomic E-state index is 0.440. The Morgan fingerprint density at radius 1 is 1.46 bits per heavy atom. The van der Waals surface area contributed by atoms with Crippen LogP contribution in [0, 0.1) is 0 Å². The third-order valence-corrected chi connectivity index (χ3v) is 2.93. The molecule has 1 rings (SSSR count). The van der Waals surface area contributed by atoms with E-state index in [4.69, 9.17) is 5.73 Å². The first-order valence-corrected chi connectivity index (χ1v) is 5.30. The molecule has 2 atom stereocenters. The summed E-state index contributed by atoms with van der Waals surface area (Å²) in [5, 5.41) is 3.43. The first-order valence-electron chi connectivity index (χ1n) is 5.30. The minimum Gasteiger partial charge on any atom is -0.329 e. The van der Waals surface area contributed by atoms with Crippen molar-refractivity contribution in [3.63, 3.8) is 0 Å². The monoisotopic (exact) mass is 185 g/mol. The SMILES string of the molecule is CC(CN)NCC(C)N(C)C1CC1. The van der Waals surface area contributed by atoms with Crippen molar-refractivity contribution in [1.29, 1.82) is 0 Å². The van der Waals surface area contributed by atoms with Crippen molar-refractivity contribution in [1.82, 2.24) is 10.2 Å². The lowest BCUT2D eigenvalue weighted by Crippen LogP contribution is -2.43. The van der Waals surface area contributed by atoms with Crippen LogP contribution in [0.25, 0.3) is 0 Å². The molecule has 3 heteroatoms. The van der Waals surface area contributed by atoms with Crippen LogP contribution >= 0.6 is 0 Å². The van der Waals surface area contributed by atoms with Crippen LogP contribution in [-0.2, 0) is 0 Å². The molecular weight excluding hydrogens is 162 g/mol. The average molecular weight is 185 g/mol. The molecule has 0 aliphatic heterocycles. The van der Waals surface area contributed by atoms with E-state index in [1.807, 2.05) is 0 Å². The van der Waals surface area contributed by atoms with Gasteiger partial charge in [-0.05, 0) is 33.7 Å². The number of hydrogen-bond acceptors (Lipinski definition) is 3. The zero-order chi connectivity index (χ0) is 9.84. The molecule has 0 aromatic carbocycles.